The highest BCUT2D eigenvalue weighted by molar-refractivity contribution is 7.90. The maximum atomic E-state index is 13.0. The van der Waals surface area contributed by atoms with Crippen LogP contribution < -0.4 is 4.72 Å². The minimum atomic E-state index is -3.54. The lowest BCUT2D eigenvalue weighted by molar-refractivity contribution is 0.126. The Hall–Kier alpha value is -1.12. The van der Waals surface area contributed by atoms with Gasteiger partial charge in [0.25, 0.3) is 0 Å². The molecule has 0 spiro atoms. The maximum absolute atomic E-state index is 13.0. The molecule has 118 valence electrons. The van der Waals surface area contributed by atoms with Crippen LogP contribution in [0.3, 0.4) is 0 Å². The number of benzene rings is 1. The van der Waals surface area contributed by atoms with Gasteiger partial charge in [-0.2, -0.15) is 0 Å². The lowest BCUT2D eigenvalue weighted by Gasteiger charge is -2.15. The molecule has 1 aliphatic rings. The first-order valence-electron chi connectivity index (χ1n) is 6.55. The molecule has 0 bridgehead atoms. The molecule has 1 saturated heterocycles. The van der Waals surface area contributed by atoms with Crippen molar-refractivity contribution in [3.05, 3.63) is 35.1 Å². The molecule has 0 saturated carbocycles. The van der Waals surface area contributed by atoms with E-state index < -0.39 is 32.7 Å². The summed E-state index contributed by atoms with van der Waals surface area (Å²) in [7, 11) is -3.54. The van der Waals surface area contributed by atoms with Crippen LogP contribution in [0.4, 0.5) is 13.2 Å². The van der Waals surface area contributed by atoms with Gasteiger partial charge in [0.15, 0.2) is 17.5 Å². The lowest BCUT2D eigenvalue weighted by Crippen LogP contribution is -2.39. The van der Waals surface area contributed by atoms with Crippen molar-refractivity contribution in [2.45, 2.75) is 31.1 Å². The second kappa shape index (κ2) is 6.33. The molecule has 1 N–H and O–H groups in total. The maximum Gasteiger partial charge on any atom is 0.217 e. The first kappa shape index (κ1) is 16.3. The molecule has 2 atom stereocenters. The van der Waals surface area contributed by atoms with Gasteiger partial charge in [-0.15, -0.1) is 0 Å². The van der Waals surface area contributed by atoms with E-state index >= 15 is 0 Å². The molecule has 1 aromatic carbocycles. The van der Waals surface area contributed by atoms with Gasteiger partial charge < -0.3 is 4.74 Å². The van der Waals surface area contributed by atoms with E-state index in [-0.39, 0.29) is 24.6 Å². The third-order valence-electron chi connectivity index (χ3n) is 3.47. The Morgan fingerprint density at radius 3 is 2.43 bits per heavy atom. The molecule has 0 unspecified atom stereocenters. The van der Waals surface area contributed by atoms with E-state index in [0.29, 0.717) is 13.0 Å². The fraction of sp³-hybridized carbons (Fsp3) is 0.538. The summed E-state index contributed by atoms with van der Waals surface area (Å²) in [6, 6.07) is 1.71. The largest absolute Gasteiger partial charge is 0.377 e. The minimum Gasteiger partial charge on any atom is -0.377 e. The highest BCUT2D eigenvalue weighted by Crippen LogP contribution is 2.20. The summed E-state index contributed by atoms with van der Waals surface area (Å²) in [5.41, 5.74) is 0.185. The van der Waals surface area contributed by atoms with Crippen molar-refractivity contribution in [2.75, 3.05) is 13.2 Å². The quantitative estimate of drug-likeness (QED) is 0.840. The Morgan fingerprint density at radius 1 is 1.29 bits per heavy atom. The summed E-state index contributed by atoms with van der Waals surface area (Å²) in [5, 5.41) is -0.626. The first-order valence-corrected chi connectivity index (χ1v) is 8.09. The molecule has 1 aromatic rings. The van der Waals surface area contributed by atoms with Gasteiger partial charge >= 0.3 is 0 Å². The standard InChI is InChI=1S/C13H16F3NO3S/c1-8-12(3-5-20-8)21(18,19)17-4-2-9-6-10(14)13(16)11(15)7-9/h6-8,12,17H,2-5H2,1H3/t8-,12-/m0/s1. The Bertz CT molecular complexity index is 598. The van der Waals surface area contributed by atoms with Crippen molar-refractivity contribution >= 4 is 10.0 Å². The van der Waals surface area contributed by atoms with Gasteiger partial charge in [-0.25, -0.2) is 26.3 Å². The average molecular weight is 323 g/mol. The van der Waals surface area contributed by atoms with Crippen molar-refractivity contribution in [3.63, 3.8) is 0 Å². The second-order valence-corrected chi connectivity index (χ2v) is 6.95. The van der Waals surface area contributed by atoms with Crippen molar-refractivity contribution in [1.29, 1.82) is 0 Å². The van der Waals surface area contributed by atoms with Gasteiger partial charge in [0.05, 0.1) is 6.10 Å². The van der Waals surface area contributed by atoms with Crippen molar-refractivity contribution in [3.8, 4) is 0 Å². The third-order valence-corrected chi connectivity index (χ3v) is 5.49. The minimum absolute atomic E-state index is 0.0178. The molecule has 0 radical (unpaired) electrons. The Balaban J connectivity index is 1.95. The SMILES string of the molecule is C[C@@H]1OCC[C@@H]1S(=O)(=O)NCCc1cc(F)c(F)c(F)c1. The van der Waals surface area contributed by atoms with Crippen LogP contribution in [0, 0.1) is 17.5 Å². The zero-order valence-corrected chi connectivity index (χ0v) is 12.2. The normalized spacial score (nSPS) is 22.7. The summed E-state index contributed by atoms with van der Waals surface area (Å²) in [5.74, 6) is -4.10. The number of ether oxygens (including phenoxy) is 1. The zero-order valence-electron chi connectivity index (χ0n) is 11.4. The lowest BCUT2D eigenvalue weighted by atomic mass is 10.1. The van der Waals surface area contributed by atoms with Gasteiger partial charge in [-0.05, 0) is 37.5 Å². The fourth-order valence-corrected chi connectivity index (χ4v) is 3.91. The van der Waals surface area contributed by atoms with Crippen LogP contribution in [0.15, 0.2) is 12.1 Å². The van der Waals surface area contributed by atoms with E-state index in [1.807, 2.05) is 0 Å². The highest BCUT2D eigenvalue weighted by atomic mass is 32.2. The summed E-state index contributed by atoms with van der Waals surface area (Å²) >= 11 is 0. The molecule has 0 aromatic heterocycles. The fourth-order valence-electron chi connectivity index (χ4n) is 2.32. The van der Waals surface area contributed by atoms with Crippen LogP contribution >= 0.6 is 0 Å². The van der Waals surface area contributed by atoms with Crippen LogP contribution in [-0.4, -0.2) is 32.9 Å². The molecule has 1 aliphatic heterocycles. The Morgan fingerprint density at radius 2 is 1.90 bits per heavy atom. The summed E-state index contributed by atoms with van der Waals surface area (Å²) in [4.78, 5) is 0. The van der Waals surface area contributed by atoms with Gasteiger partial charge in [-0.1, -0.05) is 0 Å². The first-order chi connectivity index (χ1) is 9.81. The van der Waals surface area contributed by atoms with E-state index in [0.717, 1.165) is 12.1 Å². The van der Waals surface area contributed by atoms with Gasteiger partial charge in [0.1, 0.15) is 5.25 Å². The summed E-state index contributed by atoms with van der Waals surface area (Å²) in [6.45, 7) is 2.05. The second-order valence-electron chi connectivity index (χ2n) is 4.97. The van der Waals surface area contributed by atoms with Crippen LogP contribution in [0.2, 0.25) is 0 Å². The summed E-state index contributed by atoms with van der Waals surface area (Å²) < 4.78 is 70.5. The van der Waals surface area contributed by atoms with E-state index in [4.69, 9.17) is 4.74 Å². The number of halogens is 3. The predicted octanol–water partition coefficient (Wildman–Crippen LogP) is 1.74. The smallest absolute Gasteiger partial charge is 0.217 e. The molecular formula is C13H16F3NO3S. The van der Waals surface area contributed by atoms with E-state index in [9.17, 15) is 21.6 Å². The number of nitrogens with one attached hydrogen (secondary N) is 1. The number of hydrogen-bond acceptors (Lipinski definition) is 3. The third kappa shape index (κ3) is 3.75. The molecule has 0 aliphatic carbocycles. The van der Waals surface area contributed by atoms with E-state index in [1.54, 1.807) is 6.92 Å². The number of sulfonamides is 1. The zero-order chi connectivity index (χ0) is 15.6. The van der Waals surface area contributed by atoms with E-state index in [2.05, 4.69) is 4.72 Å². The Labute approximate surface area is 121 Å². The van der Waals surface area contributed by atoms with Crippen LogP contribution in [0.25, 0.3) is 0 Å². The molecule has 1 fully saturated rings. The van der Waals surface area contributed by atoms with Gasteiger partial charge in [0.2, 0.25) is 10.0 Å². The molecule has 8 heteroatoms. The van der Waals surface area contributed by atoms with E-state index in [1.165, 1.54) is 0 Å². The van der Waals surface area contributed by atoms with Crippen LogP contribution in [-0.2, 0) is 21.2 Å². The molecule has 4 nitrogen and oxygen atoms in total. The highest BCUT2D eigenvalue weighted by Gasteiger charge is 2.35. The summed E-state index contributed by atoms with van der Waals surface area (Å²) in [6.07, 6.45) is 0.0919. The molecule has 1 heterocycles. The van der Waals surface area contributed by atoms with Crippen molar-refractivity contribution in [2.24, 2.45) is 0 Å². The van der Waals surface area contributed by atoms with Crippen LogP contribution in [0.5, 0.6) is 0 Å². The monoisotopic (exact) mass is 323 g/mol. The van der Waals surface area contributed by atoms with Gasteiger partial charge in [-0.3, -0.25) is 0 Å². The average Bonchev–Trinajstić information content (AvgIpc) is 2.83. The van der Waals surface area contributed by atoms with Crippen LogP contribution in [0.1, 0.15) is 18.9 Å². The Kier molecular flexibility index (Phi) is 4.90. The molecular weight excluding hydrogens is 307 g/mol. The molecule has 2 rings (SSSR count). The van der Waals surface area contributed by atoms with Crippen molar-refractivity contribution in [1.82, 2.24) is 4.72 Å². The molecule has 0 amide bonds. The molecule has 21 heavy (non-hydrogen) atoms. The topological polar surface area (TPSA) is 55.4 Å². The number of hydrogen-bond donors (Lipinski definition) is 1. The number of rotatable bonds is 5. The van der Waals surface area contributed by atoms with Crippen molar-refractivity contribution < 1.29 is 26.3 Å². The van der Waals surface area contributed by atoms with Gasteiger partial charge in [0, 0.05) is 13.2 Å². The predicted molar refractivity (Wildman–Crippen MR) is 70.8 cm³/mol.